The van der Waals surface area contributed by atoms with Crippen LogP contribution in [-0.2, 0) is 5.41 Å². The van der Waals surface area contributed by atoms with E-state index >= 15 is 0 Å². The van der Waals surface area contributed by atoms with Crippen molar-refractivity contribution in [3.63, 3.8) is 0 Å². The number of rotatable bonds is 5. The molecule has 4 nitrogen and oxygen atoms in total. The number of hydrogen-bond acceptors (Lipinski definition) is 3. The zero-order valence-electron chi connectivity index (χ0n) is 13.9. The van der Waals surface area contributed by atoms with Crippen LogP contribution in [0.3, 0.4) is 0 Å². The number of hydrogen-bond donors (Lipinski definition) is 1. The van der Waals surface area contributed by atoms with Crippen molar-refractivity contribution in [2.75, 3.05) is 0 Å². The standard InChI is InChI=1S/C18H22ClN3O/c1-12(10-18(3,4)14-8-6-5-7-9-14)21-17(23)16-15(19)11-20-13(2)22-16/h5-9,11-12H,10H2,1-4H3,(H,21,23). The summed E-state index contributed by atoms with van der Waals surface area (Å²) < 4.78 is 0. The van der Waals surface area contributed by atoms with Crippen molar-refractivity contribution in [2.24, 2.45) is 0 Å². The molecule has 1 N–H and O–H groups in total. The molecule has 0 aliphatic rings. The summed E-state index contributed by atoms with van der Waals surface area (Å²) in [6.45, 7) is 8.07. The number of nitrogens with one attached hydrogen (secondary N) is 1. The van der Waals surface area contributed by atoms with Gasteiger partial charge in [0.1, 0.15) is 11.5 Å². The molecule has 0 aliphatic heterocycles. The maximum atomic E-state index is 12.4. The Labute approximate surface area is 142 Å². The first-order valence-electron chi connectivity index (χ1n) is 7.65. The van der Waals surface area contributed by atoms with E-state index in [0.29, 0.717) is 5.82 Å². The van der Waals surface area contributed by atoms with Crippen LogP contribution in [0.15, 0.2) is 36.5 Å². The molecule has 0 fully saturated rings. The summed E-state index contributed by atoms with van der Waals surface area (Å²) in [5.74, 6) is 0.258. The highest BCUT2D eigenvalue weighted by molar-refractivity contribution is 6.33. The fraction of sp³-hybridized carbons (Fsp3) is 0.389. The lowest BCUT2D eigenvalue weighted by atomic mass is 9.79. The summed E-state index contributed by atoms with van der Waals surface area (Å²) in [5, 5.41) is 3.24. The highest BCUT2D eigenvalue weighted by Crippen LogP contribution is 2.28. The Morgan fingerprint density at radius 2 is 1.96 bits per heavy atom. The molecule has 1 aromatic carbocycles. The molecule has 23 heavy (non-hydrogen) atoms. The van der Waals surface area contributed by atoms with Crippen molar-refractivity contribution in [1.82, 2.24) is 15.3 Å². The maximum Gasteiger partial charge on any atom is 0.271 e. The zero-order valence-corrected chi connectivity index (χ0v) is 14.7. The molecular weight excluding hydrogens is 310 g/mol. The molecule has 0 radical (unpaired) electrons. The van der Waals surface area contributed by atoms with E-state index in [0.717, 1.165) is 6.42 Å². The van der Waals surface area contributed by atoms with E-state index < -0.39 is 0 Å². The van der Waals surface area contributed by atoms with Crippen LogP contribution in [0.5, 0.6) is 0 Å². The number of aromatic nitrogens is 2. The van der Waals surface area contributed by atoms with Gasteiger partial charge in [-0.15, -0.1) is 0 Å². The summed E-state index contributed by atoms with van der Waals surface area (Å²) in [6, 6.07) is 10.3. The van der Waals surface area contributed by atoms with E-state index in [2.05, 4.69) is 41.3 Å². The Morgan fingerprint density at radius 1 is 1.30 bits per heavy atom. The highest BCUT2D eigenvalue weighted by Gasteiger charge is 2.25. The molecule has 1 atom stereocenters. The minimum atomic E-state index is -0.267. The predicted molar refractivity (Wildman–Crippen MR) is 92.8 cm³/mol. The Kier molecular flexibility index (Phi) is 5.37. The molecule has 1 heterocycles. The second-order valence-electron chi connectivity index (χ2n) is 6.44. The summed E-state index contributed by atoms with van der Waals surface area (Å²) in [4.78, 5) is 20.5. The van der Waals surface area contributed by atoms with Crippen molar-refractivity contribution in [2.45, 2.75) is 45.6 Å². The molecule has 1 aromatic heterocycles. The molecule has 1 unspecified atom stereocenters. The van der Waals surface area contributed by atoms with Crippen molar-refractivity contribution >= 4 is 17.5 Å². The van der Waals surface area contributed by atoms with Crippen LogP contribution in [0, 0.1) is 6.92 Å². The van der Waals surface area contributed by atoms with E-state index in [9.17, 15) is 4.79 Å². The Hall–Kier alpha value is -1.94. The lowest BCUT2D eigenvalue weighted by Crippen LogP contribution is -2.37. The van der Waals surface area contributed by atoms with Gasteiger partial charge in [0, 0.05) is 6.04 Å². The van der Waals surface area contributed by atoms with E-state index in [-0.39, 0.29) is 28.1 Å². The van der Waals surface area contributed by atoms with Gasteiger partial charge >= 0.3 is 0 Å². The van der Waals surface area contributed by atoms with E-state index in [4.69, 9.17) is 11.6 Å². The quantitative estimate of drug-likeness (QED) is 0.903. The van der Waals surface area contributed by atoms with Gasteiger partial charge in [0.15, 0.2) is 0 Å². The number of carbonyl (C=O) groups is 1. The monoisotopic (exact) mass is 331 g/mol. The van der Waals surface area contributed by atoms with Crippen LogP contribution in [0.25, 0.3) is 0 Å². The number of aryl methyl sites for hydroxylation is 1. The first-order valence-corrected chi connectivity index (χ1v) is 8.03. The van der Waals surface area contributed by atoms with Crippen molar-refractivity contribution in [3.8, 4) is 0 Å². The van der Waals surface area contributed by atoms with E-state index in [1.54, 1.807) is 6.92 Å². The Bertz CT molecular complexity index is 686. The van der Waals surface area contributed by atoms with Crippen LogP contribution >= 0.6 is 11.6 Å². The first-order chi connectivity index (χ1) is 10.8. The molecule has 0 saturated carbocycles. The summed E-state index contributed by atoms with van der Waals surface area (Å²) in [7, 11) is 0. The van der Waals surface area contributed by atoms with Gasteiger partial charge in [-0.2, -0.15) is 0 Å². The van der Waals surface area contributed by atoms with Crippen LogP contribution in [0.2, 0.25) is 5.02 Å². The van der Waals surface area contributed by atoms with Gasteiger partial charge in [0.2, 0.25) is 0 Å². The molecule has 0 saturated heterocycles. The van der Waals surface area contributed by atoms with Gasteiger partial charge in [-0.25, -0.2) is 9.97 Å². The molecular formula is C18H22ClN3O. The van der Waals surface area contributed by atoms with E-state index in [1.165, 1.54) is 11.8 Å². The minimum absolute atomic E-state index is 0.0101. The van der Waals surface area contributed by atoms with E-state index in [1.807, 2.05) is 25.1 Å². The average molecular weight is 332 g/mol. The largest absolute Gasteiger partial charge is 0.348 e. The molecule has 5 heteroatoms. The average Bonchev–Trinajstić information content (AvgIpc) is 2.50. The first kappa shape index (κ1) is 17.4. The zero-order chi connectivity index (χ0) is 17.0. The third-order valence-corrected chi connectivity index (χ3v) is 4.11. The van der Waals surface area contributed by atoms with Gasteiger partial charge in [0.25, 0.3) is 5.91 Å². The predicted octanol–water partition coefficient (Wildman–Crippen LogP) is 3.92. The second-order valence-corrected chi connectivity index (χ2v) is 6.85. The molecule has 1 amide bonds. The number of carbonyl (C=O) groups excluding carboxylic acids is 1. The smallest absolute Gasteiger partial charge is 0.271 e. The lowest BCUT2D eigenvalue weighted by Gasteiger charge is -2.29. The molecule has 2 rings (SSSR count). The number of amides is 1. The topological polar surface area (TPSA) is 54.9 Å². The summed E-state index contributed by atoms with van der Waals surface area (Å²) in [6.07, 6.45) is 2.27. The highest BCUT2D eigenvalue weighted by atomic mass is 35.5. The number of nitrogens with zero attached hydrogens (tertiary/aromatic N) is 2. The molecule has 0 spiro atoms. The van der Waals surface area contributed by atoms with Crippen LogP contribution < -0.4 is 5.32 Å². The third-order valence-electron chi connectivity index (χ3n) is 3.83. The minimum Gasteiger partial charge on any atom is -0.348 e. The SMILES string of the molecule is Cc1ncc(Cl)c(C(=O)NC(C)CC(C)(C)c2ccccc2)n1. The van der Waals surface area contributed by atoms with Gasteiger partial charge in [0.05, 0.1) is 11.2 Å². The van der Waals surface area contributed by atoms with Crippen LogP contribution in [-0.4, -0.2) is 21.9 Å². The Morgan fingerprint density at radius 3 is 2.61 bits per heavy atom. The van der Waals surface area contributed by atoms with Gasteiger partial charge < -0.3 is 5.32 Å². The molecule has 0 bridgehead atoms. The Balaban J connectivity index is 2.06. The maximum absolute atomic E-state index is 12.4. The van der Waals surface area contributed by atoms with Gasteiger partial charge in [-0.05, 0) is 31.2 Å². The fourth-order valence-electron chi connectivity index (χ4n) is 2.73. The summed E-state index contributed by atoms with van der Waals surface area (Å²) in [5.41, 5.74) is 1.43. The fourth-order valence-corrected chi connectivity index (χ4v) is 2.91. The molecule has 0 aliphatic carbocycles. The third kappa shape index (κ3) is 4.52. The second kappa shape index (κ2) is 7.09. The van der Waals surface area contributed by atoms with Crippen molar-refractivity contribution in [3.05, 3.63) is 58.6 Å². The molecule has 122 valence electrons. The van der Waals surface area contributed by atoms with Gasteiger partial charge in [-0.3, -0.25) is 4.79 Å². The summed E-state index contributed by atoms with van der Waals surface area (Å²) >= 11 is 6.02. The number of benzene rings is 1. The number of halogens is 1. The normalized spacial score (nSPS) is 12.7. The van der Waals surface area contributed by atoms with Gasteiger partial charge in [-0.1, -0.05) is 55.8 Å². The van der Waals surface area contributed by atoms with Crippen LogP contribution in [0.1, 0.15) is 49.1 Å². The molecule has 2 aromatic rings. The van der Waals surface area contributed by atoms with Crippen molar-refractivity contribution < 1.29 is 4.79 Å². The van der Waals surface area contributed by atoms with Crippen LogP contribution in [0.4, 0.5) is 0 Å². The van der Waals surface area contributed by atoms with Crippen molar-refractivity contribution in [1.29, 1.82) is 0 Å². The lowest BCUT2D eigenvalue weighted by molar-refractivity contribution is 0.0929.